The highest BCUT2D eigenvalue weighted by atomic mass is 32.2. The highest BCUT2D eigenvalue weighted by Gasteiger charge is 2.19. The summed E-state index contributed by atoms with van der Waals surface area (Å²) in [4.78, 5) is 12.4. The number of aromatic nitrogens is 3. The van der Waals surface area contributed by atoms with E-state index in [1.54, 1.807) is 19.1 Å². The average Bonchev–Trinajstić information content (AvgIpc) is 3.01. The molecule has 8 heteroatoms. The minimum absolute atomic E-state index is 0.0292. The Bertz CT molecular complexity index is 1130. The number of fused-ring (bicyclic) bond motifs is 1. The van der Waals surface area contributed by atoms with Crippen molar-refractivity contribution in [2.45, 2.75) is 39.1 Å². The van der Waals surface area contributed by atoms with Crippen LogP contribution in [-0.2, 0) is 16.6 Å². The number of nitrogens with zero attached hydrogens (tertiary/aromatic N) is 3. The van der Waals surface area contributed by atoms with E-state index in [0.29, 0.717) is 18.1 Å². The van der Waals surface area contributed by atoms with E-state index >= 15 is 0 Å². The summed E-state index contributed by atoms with van der Waals surface area (Å²) < 4.78 is 30.8. The lowest BCUT2D eigenvalue weighted by Gasteiger charge is -2.08. The Labute approximate surface area is 146 Å². The number of nitrogens with one attached hydrogen (secondary N) is 1. The molecule has 0 atom stereocenters. The van der Waals surface area contributed by atoms with Gasteiger partial charge in [-0.05, 0) is 57.0 Å². The topological polar surface area (TPSA) is 85.5 Å². The molecule has 0 aliphatic heterocycles. The molecule has 0 fully saturated rings. The first-order chi connectivity index (χ1) is 11.7. The lowest BCUT2D eigenvalue weighted by Crippen LogP contribution is -2.25. The molecule has 0 aliphatic carbocycles. The van der Waals surface area contributed by atoms with Gasteiger partial charge in [0.15, 0.2) is 0 Å². The van der Waals surface area contributed by atoms with E-state index in [9.17, 15) is 13.2 Å². The largest absolute Gasteiger partial charge is 0.298 e. The van der Waals surface area contributed by atoms with Crippen molar-refractivity contribution in [3.05, 3.63) is 57.8 Å². The normalized spacial score (nSPS) is 11.8. The number of anilines is 1. The van der Waals surface area contributed by atoms with Crippen LogP contribution in [0.15, 0.2) is 40.2 Å². The van der Waals surface area contributed by atoms with E-state index in [4.69, 9.17) is 0 Å². The van der Waals surface area contributed by atoms with Crippen molar-refractivity contribution in [3.63, 3.8) is 0 Å². The molecule has 2 heterocycles. The smallest absolute Gasteiger partial charge is 0.291 e. The van der Waals surface area contributed by atoms with E-state index < -0.39 is 10.0 Å². The third kappa shape index (κ3) is 3.05. The van der Waals surface area contributed by atoms with Crippen molar-refractivity contribution >= 4 is 21.2 Å². The van der Waals surface area contributed by atoms with Crippen molar-refractivity contribution in [2.75, 3.05) is 4.72 Å². The molecule has 1 N–H and O–H groups in total. The quantitative estimate of drug-likeness (QED) is 0.773. The van der Waals surface area contributed by atoms with Crippen LogP contribution in [0.1, 0.15) is 23.9 Å². The van der Waals surface area contributed by atoms with E-state index in [2.05, 4.69) is 9.82 Å². The second-order valence-corrected chi connectivity index (χ2v) is 7.69. The SMILES string of the molecule is CCn1nc(C)n2cc(S(=O)(=O)Nc3ccc(C)c(C)c3)cc2c1=O. The Morgan fingerprint density at radius 3 is 2.48 bits per heavy atom. The maximum Gasteiger partial charge on any atom is 0.291 e. The molecule has 7 nitrogen and oxygen atoms in total. The molecular formula is C17H20N4O3S. The molecule has 0 aliphatic rings. The Hall–Kier alpha value is -2.61. The van der Waals surface area contributed by atoms with Gasteiger partial charge >= 0.3 is 0 Å². The maximum atomic E-state index is 12.7. The molecule has 25 heavy (non-hydrogen) atoms. The van der Waals surface area contributed by atoms with Crippen LogP contribution in [0.4, 0.5) is 5.69 Å². The number of sulfonamides is 1. The van der Waals surface area contributed by atoms with Crippen molar-refractivity contribution in [1.29, 1.82) is 0 Å². The Kier molecular flexibility index (Phi) is 4.16. The van der Waals surface area contributed by atoms with E-state index in [1.807, 2.05) is 26.8 Å². The van der Waals surface area contributed by atoms with Gasteiger partial charge in [-0.25, -0.2) is 13.1 Å². The zero-order chi connectivity index (χ0) is 18.4. The molecular weight excluding hydrogens is 340 g/mol. The highest BCUT2D eigenvalue weighted by molar-refractivity contribution is 7.92. The van der Waals surface area contributed by atoms with Gasteiger partial charge in [-0.15, -0.1) is 0 Å². The first-order valence-corrected chi connectivity index (χ1v) is 9.41. The van der Waals surface area contributed by atoms with E-state index in [1.165, 1.54) is 21.3 Å². The summed E-state index contributed by atoms with van der Waals surface area (Å²) in [5.41, 5.74) is 2.53. The van der Waals surface area contributed by atoms with Crippen LogP contribution in [0, 0.1) is 20.8 Å². The lowest BCUT2D eigenvalue weighted by molar-refractivity contribution is 0.592. The molecule has 0 saturated carbocycles. The minimum Gasteiger partial charge on any atom is -0.298 e. The summed E-state index contributed by atoms with van der Waals surface area (Å²) in [6.45, 7) is 7.84. The molecule has 0 radical (unpaired) electrons. The van der Waals surface area contributed by atoms with Crippen LogP contribution in [0.2, 0.25) is 0 Å². The molecule has 0 saturated heterocycles. The maximum absolute atomic E-state index is 12.7. The fourth-order valence-electron chi connectivity index (χ4n) is 2.65. The van der Waals surface area contributed by atoms with Gasteiger partial charge in [0.2, 0.25) is 0 Å². The second kappa shape index (κ2) is 6.03. The fraction of sp³-hybridized carbons (Fsp3) is 0.294. The minimum atomic E-state index is -3.80. The predicted octanol–water partition coefficient (Wildman–Crippen LogP) is 2.24. The first-order valence-electron chi connectivity index (χ1n) is 7.93. The van der Waals surface area contributed by atoms with Crippen LogP contribution in [0.25, 0.3) is 5.52 Å². The van der Waals surface area contributed by atoms with Gasteiger partial charge in [0.25, 0.3) is 15.6 Å². The second-order valence-electron chi connectivity index (χ2n) is 6.00. The Morgan fingerprint density at radius 1 is 1.12 bits per heavy atom. The molecule has 3 aromatic rings. The molecule has 0 bridgehead atoms. The summed E-state index contributed by atoms with van der Waals surface area (Å²) in [7, 11) is -3.80. The molecule has 3 rings (SSSR count). The van der Waals surface area contributed by atoms with E-state index in [-0.39, 0.29) is 16.0 Å². The predicted molar refractivity (Wildman–Crippen MR) is 96.6 cm³/mol. The Morgan fingerprint density at radius 2 is 1.84 bits per heavy atom. The molecule has 132 valence electrons. The first kappa shape index (κ1) is 17.2. The van der Waals surface area contributed by atoms with Crippen molar-refractivity contribution in [1.82, 2.24) is 14.2 Å². The van der Waals surface area contributed by atoms with Gasteiger partial charge in [-0.1, -0.05) is 6.07 Å². The number of aryl methyl sites for hydroxylation is 4. The number of benzene rings is 1. The van der Waals surface area contributed by atoms with Crippen molar-refractivity contribution in [3.8, 4) is 0 Å². The van der Waals surface area contributed by atoms with Gasteiger partial charge in [0.05, 0.1) is 0 Å². The van der Waals surface area contributed by atoms with Crippen LogP contribution in [-0.4, -0.2) is 22.6 Å². The molecule has 2 aromatic heterocycles. The molecule has 0 amide bonds. The average molecular weight is 360 g/mol. The standard InChI is InChI=1S/C17H20N4O3S/c1-5-21-17(22)16-9-15(10-20(16)13(4)18-21)25(23,24)19-14-7-6-11(2)12(3)8-14/h6-10,19H,5H2,1-4H3. The van der Waals surface area contributed by atoms with Gasteiger partial charge in [-0.2, -0.15) is 5.10 Å². The van der Waals surface area contributed by atoms with Crippen LogP contribution >= 0.6 is 0 Å². The number of hydrogen-bond acceptors (Lipinski definition) is 4. The summed E-state index contributed by atoms with van der Waals surface area (Å²) >= 11 is 0. The van der Waals surface area contributed by atoms with Gasteiger partial charge < -0.3 is 0 Å². The van der Waals surface area contributed by atoms with Crippen molar-refractivity contribution in [2.24, 2.45) is 0 Å². The zero-order valence-electron chi connectivity index (χ0n) is 14.6. The fourth-order valence-corrected chi connectivity index (χ4v) is 3.72. The van der Waals surface area contributed by atoms with Gasteiger partial charge in [0.1, 0.15) is 16.2 Å². The summed E-state index contributed by atoms with van der Waals surface area (Å²) in [6, 6.07) is 6.73. The van der Waals surface area contributed by atoms with Crippen LogP contribution in [0.3, 0.4) is 0 Å². The van der Waals surface area contributed by atoms with Crippen LogP contribution < -0.4 is 10.3 Å². The summed E-state index contributed by atoms with van der Waals surface area (Å²) in [5.74, 6) is 0.545. The van der Waals surface area contributed by atoms with Gasteiger partial charge in [-0.3, -0.25) is 13.9 Å². The molecule has 1 aromatic carbocycles. The highest BCUT2D eigenvalue weighted by Crippen LogP contribution is 2.20. The number of hydrogen-bond donors (Lipinski definition) is 1. The van der Waals surface area contributed by atoms with Gasteiger partial charge in [0, 0.05) is 18.4 Å². The third-order valence-electron chi connectivity index (χ3n) is 4.23. The van der Waals surface area contributed by atoms with Crippen LogP contribution in [0.5, 0.6) is 0 Å². The Balaban J connectivity index is 2.08. The van der Waals surface area contributed by atoms with E-state index in [0.717, 1.165) is 11.1 Å². The molecule has 0 unspecified atom stereocenters. The zero-order valence-corrected chi connectivity index (χ0v) is 15.4. The van der Waals surface area contributed by atoms with Crippen molar-refractivity contribution < 1.29 is 8.42 Å². The number of rotatable bonds is 4. The summed E-state index contributed by atoms with van der Waals surface area (Å²) in [5, 5.41) is 4.17. The monoisotopic (exact) mass is 360 g/mol. The third-order valence-corrected chi connectivity index (χ3v) is 5.58. The summed E-state index contributed by atoms with van der Waals surface area (Å²) in [6.07, 6.45) is 1.42. The lowest BCUT2D eigenvalue weighted by atomic mass is 10.1. The molecule has 0 spiro atoms.